The predicted molar refractivity (Wildman–Crippen MR) is 74.2 cm³/mol. The molecule has 0 aliphatic rings. The Morgan fingerprint density at radius 1 is 1.35 bits per heavy atom. The van der Waals surface area contributed by atoms with Gasteiger partial charge in [-0.3, -0.25) is 0 Å². The van der Waals surface area contributed by atoms with E-state index < -0.39 is 0 Å². The van der Waals surface area contributed by atoms with E-state index in [0.29, 0.717) is 11.3 Å². The number of esters is 1. The lowest BCUT2D eigenvalue weighted by atomic mass is 10.1. The van der Waals surface area contributed by atoms with Crippen LogP contribution in [0, 0.1) is 6.92 Å². The van der Waals surface area contributed by atoms with Crippen LogP contribution in [0.3, 0.4) is 0 Å². The zero-order chi connectivity index (χ0) is 12.7. The third-order valence-corrected chi connectivity index (χ3v) is 3.25. The van der Waals surface area contributed by atoms with Crippen molar-refractivity contribution in [2.24, 2.45) is 0 Å². The van der Waals surface area contributed by atoms with Gasteiger partial charge in [-0.25, -0.2) is 4.79 Å². The van der Waals surface area contributed by atoms with Crippen LogP contribution in [0.15, 0.2) is 29.8 Å². The van der Waals surface area contributed by atoms with E-state index in [1.807, 2.05) is 37.3 Å². The molecule has 0 fully saturated rings. The van der Waals surface area contributed by atoms with Crippen LogP contribution in [-0.2, 0) is 9.53 Å². The van der Waals surface area contributed by atoms with Crippen molar-refractivity contribution < 1.29 is 9.53 Å². The first-order valence-corrected chi connectivity index (χ1v) is 6.76. The molecule has 1 rings (SSSR count). The Morgan fingerprint density at radius 2 is 2.00 bits per heavy atom. The lowest BCUT2D eigenvalue weighted by Gasteiger charge is -2.05. The zero-order valence-electron chi connectivity index (χ0n) is 10.5. The summed E-state index contributed by atoms with van der Waals surface area (Å²) >= 11 is 1.71. The Labute approximate surface area is 107 Å². The van der Waals surface area contributed by atoms with Crippen molar-refractivity contribution in [3.05, 3.63) is 41.0 Å². The Balaban J connectivity index is 2.87. The van der Waals surface area contributed by atoms with Crippen LogP contribution in [0.2, 0.25) is 0 Å². The van der Waals surface area contributed by atoms with E-state index in [2.05, 4.69) is 6.92 Å². The van der Waals surface area contributed by atoms with Crippen molar-refractivity contribution in [3.8, 4) is 0 Å². The Bertz CT molecular complexity index is 393. The molecule has 17 heavy (non-hydrogen) atoms. The van der Waals surface area contributed by atoms with Gasteiger partial charge in [0.2, 0.25) is 0 Å². The van der Waals surface area contributed by atoms with Gasteiger partial charge < -0.3 is 4.74 Å². The van der Waals surface area contributed by atoms with E-state index in [4.69, 9.17) is 4.74 Å². The molecule has 3 heteroatoms. The molecule has 0 aliphatic carbocycles. The van der Waals surface area contributed by atoms with Gasteiger partial charge in [-0.2, -0.15) is 11.8 Å². The maximum absolute atomic E-state index is 11.6. The molecule has 0 amide bonds. The van der Waals surface area contributed by atoms with Gasteiger partial charge in [0.1, 0.15) is 0 Å². The molecule has 0 atom stereocenters. The zero-order valence-corrected chi connectivity index (χ0v) is 11.3. The van der Waals surface area contributed by atoms with Crippen LogP contribution in [0.4, 0.5) is 0 Å². The van der Waals surface area contributed by atoms with Crippen molar-refractivity contribution in [2.75, 3.05) is 18.6 Å². The standard InChI is InChI=1S/C14H18O2S/c1-4-17-10-13(14(15)16-3)9-12-7-5-11(2)6-8-12/h5-9H,4,10H2,1-3H3. The second-order valence-corrected chi connectivity index (χ2v) is 4.98. The van der Waals surface area contributed by atoms with Gasteiger partial charge in [-0.1, -0.05) is 36.8 Å². The minimum atomic E-state index is -0.244. The summed E-state index contributed by atoms with van der Waals surface area (Å²) in [4.78, 5) is 11.6. The second kappa shape index (κ2) is 7.17. The number of carbonyl (C=O) groups is 1. The molecule has 1 aromatic carbocycles. The summed E-state index contributed by atoms with van der Waals surface area (Å²) in [6.45, 7) is 4.12. The summed E-state index contributed by atoms with van der Waals surface area (Å²) in [6, 6.07) is 8.09. The van der Waals surface area contributed by atoms with Crippen LogP contribution in [0.25, 0.3) is 6.08 Å². The van der Waals surface area contributed by atoms with Gasteiger partial charge in [0, 0.05) is 11.3 Å². The normalized spacial score (nSPS) is 11.4. The molecule has 92 valence electrons. The fourth-order valence-corrected chi connectivity index (χ4v) is 1.99. The molecule has 1 aromatic rings. The van der Waals surface area contributed by atoms with Crippen molar-refractivity contribution >= 4 is 23.8 Å². The first kappa shape index (κ1) is 13.8. The lowest BCUT2D eigenvalue weighted by molar-refractivity contribution is -0.135. The summed E-state index contributed by atoms with van der Waals surface area (Å²) in [5.74, 6) is 1.44. The quantitative estimate of drug-likeness (QED) is 0.592. The smallest absolute Gasteiger partial charge is 0.334 e. The molecule has 0 saturated heterocycles. The number of aryl methyl sites for hydroxylation is 1. The highest BCUT2D eigenvalue weighted by Crippen LogP contribution is 2.14. The highest BCUT2D eigenvalue weighted by Gasteiger charge is 2.09. The summed E-state index contributed by atoms with van der Waals surface area (Å²) in [5.41, 5.74) is 2.96. The Hall–Kier alpha value is -1.22. The number of rotatable bonds is 5. The van der Waals surface area contributed by atoms with E-state index in [9.17, 15) is 4.79 Å². The van der Waals surface area contributed by atoms with E-state index >= 15 is 0 Å². The first-order valence-electron chi connectivity index (χ1n) is 5.60. The van der Waals surface area contributed by atoms with Crippen LogP contribution in [-0.4, -0.2) is 24.6 Å². The van der Waals surface area contributed by atoms with Gasteiger partial charge in [0.25, 0.3) is 0 Å². The van der Waals surface area contributed by atoms with Crippen LogP contribution in [0.1, 0.15) is 18.1 Å². The molecule has 0 N–H and O–H groups in total. The van der Waals surface area contributed by atoms with Gasteiger partial charge in [0.05, 0.1) is 7.11 Å². The number of ether oxygens (including phenoxy) is 1. The van der Waals surface area contributed by atoms with E-state index in [1.54, 1.807) is 11.8 Å². The number of thioether (sulfide) groups is 1. The van der Waals surface area contributed by atoms with Crippen molar-refractivity contribution in [3.63, 3.8) is 0 Å². The van der Waals surface area contributed by atoms with Crippen LogP contribution >= 0.6 is 11.8 Å². The molecule has 0 saturated carbocycles. The number of methoxy groups -OCH3 is 1. The minimum absolute atomic E-state index is 0.244. The van der Waals surface area contributed by atoms with Crippen LogP contribution < -0.4 is 0 Å². The SMILES string of the molecule is CCSCC(=Cc1ccc(C)cc1)C(=O)OC. The highest BCUT2D eigenvalue weighted by molar-refractivity contribution is 7.99. The largest absolute Gasteiger partial charge is 0.466 e. The second-order valence-electron chi connectivity index (χ2n) is 3.71. The van der Waals surface area contributed by atoms with Crippen LogP contribution in [0.5, 0.6) is 0 Å². The summed E-state index contributed by atoms with van der Waals surface area (Å²) in [6.07, 6.45) is 1.90. The molecule has 0 aromatic heterocycles. The fraction of sp³-hybridized carbons (Fsp3) is 0.357. The fourth-order valence-electron chi connectivity index (χ4n) is 1.37. The molecule has 0 spiro atoms. The molecule has 2 nitrogen and oxygen atoms in total. The molecule has 0 heterocycles. The van der Waals surface area contributed by atoms with Gasteiger partial charge in [-0.15, -0.1) is 0 Å². The third kappa shape index (κ3) is 4.65. The topological polar surface area (TPSA) is 26.3 Å². The third-order valence-electron chi connectivity index (χ3n) is 2.33. The van der Waals surface area contributed by atoms with Crippen molar-refractivity contribution in [1.82, 2.24) is 0 Å². The molecule has 0 bridgehead atoms. The number of hydrogen-bond acceptors (Lipinski definition) is 3. The molecular weight excluding hydrogens is 232 g/mol. The molecule has 0 unspecified atom stereocenters. The van der Waals surface area contributed by atoms with Gasteiger partial charge >= 0.3 is 5.97 Å². The Morgan fingerprint density at radius 3 is 2.53 bits per heavy atom. The summed E-state index contributed by atoms with van der Waals surface area (Å²) < 4.78 is 4.78. The predicted octanol–water partition coefficient (Wildman–Crippen LogP) is 3.30. The first-order chi connectivity index (χ1) is 8.17. The van der Waals surface area contributed by atoms with E-state index in [1.165, 1.54) is 12.7 Å². The number of benzene rings is 1. The number of hydrogen-bond donors (Lipinski definition) is 0. The maximum Gasteiger partial charge on any atom is 0.334 e. The molecule has 0 aliphatic heterocycles. The lowest BCUT2D eigenvalue weighted by Crippen LogP contribution is -2.07. The van der Waals surface area contributed by atoms with Crippen molar-refractivity contribution in [1.29, 1.82) is 0 Å². The van der Waals surface area contributed by atoms with E-state index in [0.717, 1.165) is 11.3 Å². The van der Waals surface area contributed by atoms with E-state index in [-0.39, 0.29) is 5.97 Å². The molecular formula is C14H18O2S. The minimum Gasteiger partial charge on any atom is -0.466 e. The highest BCUT2D eigenvalue weighted by atomic mass is 32.2. The average molecular weight is 250 g/mol. The summed E-state index contributed by atoms with van der Waals surface area (Å²) in [7, 11) is 1.42. The number of carbonyl (C=O) groups excluding carboxylic acids is 1. The average Bonchev–Trinajstić information content (AvgIpc) is 2.36. The summed E-state index contributed by atoms with van der Waals surface area (Å²) in [5, 5.41) is 0. The van der Waals surface area contributed by atoms with Gasteiger partial charge in [-0.05, 0) is 24.3 Å². The molecule has 0 radical (unpaired) electrons. The monoisotopic (exact) mass is 250 g/mol. The maximum atomic E-state index is 11.6. The van der Waals surface area contributed by atoms with Gasteiger partial charge in [0.15, 0.2) is 0 Å². The van der Waals surface area contributed by atoms with Crippen molar-refractivity contribution in [2.45, 2.75) is 13.8 Å². The Kier molecular flexibility index (Phi) is 5.84.